The maximum Gasteiger partial charge on any atom is 0.300 e. The standard InChI is InChI=1S/C11H15ClN2O4S2/c1-7-4-2-3-5-8(7)13-20(17,18)10-6-9(14(15)16)11(12)19-10/h6-8,13H,2-5H2,1H3. The molecule has 0 spiro atoms. The van der Waals surface area contributed by atoms with Gasteiger partial charge in [0.25, 0.3) is 15.7 Å². The number of sulfonamides is 1. The fourth-order valence-corrected chi connectivity index (χ4v) is 5.40. The van der Waals surface area contributed by atoms with Crippen LogP contribution in [0, 0.1) is 16.0 Å². The van der Waals surface area contributed by atoms with Crippen molar-refractivity contribution in [1.82, 2.24) is 4.72 Å². The molecule has 9 heteroatoms. The third kappa shape index (κ3) is 3.30. The van der Waals surface area contributed by atoms with Crippen LogP contribution in [0.3, 0.4) is 0 Å². The maximum atomic E-state index is 12.3. The molecule has 2 unspecified atom stereocenters. The molecular weight excluding hydrogens is 324 g/mol. The summed E-state index contributed by atoms with van der Waals surface area (Å²) in [6.45, 7) is 2.01. The van der Waals surface area contributed by atoms with Crippen LogP contribution >= 0.6 is 22.9 Å². The van der Waals surface area contributed by atoms with E-state index >= 15 is 0 Å². The maximum absolute atomic E-state index is 12.3. The Hall–Kier alpha value is -0.700. The number of nitrogens with zero attached hydrogens (tertiary/aromatic N) is 1. The first-order valence-electron chi connectivity index (χ1n) is 6.27. The Kier molecular flexibility index (Phi) is 4.68. The van der Waals surface area contributed by atoms with E-state index < -0.39 is 14.9 Å². The van der Waals surface area contributed by atoms with Gasteiger partial charge in [0, 0.05) is 12.1 Å². The summed E-state index contributed by atoms with van der Waals surface area (Å²) in [6.07, 6.45) is 3.87. The van der Waals surface area contributed by atoms with Gasteiger partial charge in [0.15, 0.2) is 4.34 Å². The lowest BCUT2D eigenvalue weighted by atomic mass is 9.87. The van der Waals surface area contributed by atoms with Crippen molar-refractivity contribution in [3.63, 3.8) is 0 Å². The lowest BCUT2D eigenvalue weighted by molar-refractivity contribution is -0.384. The zero-order valence-electron chi connectivity index (χ0n) is 10.8. The molecule has 20 heavy (non-hydrogen) atoms. The highest BCUT2D eigenvalue weighted by molar-refractivity contribution is 7.91. The molecule has 0 amide bonds. The third-order valence-corrected chi connectivity index (χ3v) is 6.83. The minimum atomic E-state index is -3.75. The summed E-state index contributed by atoms with van der Waals surface area (Å²) in [6, 6.07) is 0.900. The summed E-state index contributed by atoms with van der Waals surface area (Å²) >= 11 is 6.41. The molecule has 0 bridgehead atoms. The molecule has 1 heterocycles. The van der Waals surface area contributed by atoms with E-state index in [1.165, 1.54) is 0 Å². The predicted molar refractivity (Wildman–Crippen MR) is 77.7 cm³/mol. The minimum Gasteiger partial charge on any atom is -0.258 e. The summed E-state index contributed by atoms with van der Waals surface area (Å²) in [7, 11) is -3.75. The predicted octanol–water partition coefficient (Wildman–Crippen LogP) is 3.17. The van der Waals surface area contributed by atoms with Crippen LogP contribution in [0.4, 0.5) is 5.69 Å². The molecule has 0 radical (unpaired) electrons. The Bertz CT molecular complexity index is 614. The molecule has 1 aromatic rings. The van der Waals surface area contributed by atoms with Crippen LogP contribution in [0.2, 0.25) is 4.34 Å². The topological polar surface area (TPSA) is 89.3 Å². The van der Waals surface area contributed by atoms with Gasteiger partial charge in [-0.05, 0) is 18.8 Å². The summed E-state index contributed by atoms with van der Waals surface area (Å²) < 4.78 is 26.9. The number of hydrogen-bond donors (Lipinski definition) is 1. The van der Waals surface area contributed by atoms with E-state index in [2.05, 4.69) is 4.72 Å². The average molecular weight is 339 g/mol. The number of hydrogen-bond acceptors (Lipinski definition) is 5. The van der Waals surface area contributed by atoms with E-state index in [0.717, 1.165) is 31.7 Å². The monoisotopic (exact) mass is 338 g/mol. The Labute approximate surface area is 126 Å². The summed E-state index contributed by atoms with van der Waals surface area (Å²) in [4.78, 5) is 10.0. The number of thiophene rings is 1. The van der Waals surface area contributed by atoms with Gasteiger partial charge in [-0.25, -0.2) is 13.1 Å². The summed E-state index contributed by atoms with van der Waals surface area (Å²) in [5, 5.41) is 10.7. The number of halogens is 1. The van der Waals surface area contributed by atoms with Gasteiger partial charge in [0.1, 0.15) is 4.21 Å². The zero-order chi connectivity index (χ0) is 14.9. The fourth-order valence-electron chi connectivity index (χ4n) is 2.34. The molecule has 112 valence electrons. The Morgan fingerprint density at radius 2 is 2.10 bits per heavy atom. The van der Waals surface area contributed by atoms with Gasteiger partial charge in [0.2, 0.25) is 0 Å². The van der Waals surface area contributed by atoms with Crippen molar-refractivity contribution in [2.24, 2.45) is 5.92 Å². The molecule has 0 aliphatic heterocycles. The zero-order valence-corrected chi connectivity index (χ0v) is 13.2. The third-order valence-electron chi connectivity index (χ3n) is 3.53. The van der Waals surface area contributed by atoms with Crippen molar-refractivity contribution in [3.8, 4) is 0 Å². The highest BCUT2D eigenvalue weighted by Crippen LogP contribution is 2.36. The lowest BCUT2D eigenvalue weighted by Crippen LogP contribution is -2.40. The van der Waals surface area contributed by atoms with Crippen LogP contribution < -0.4 is 4.72 Å². The van der Waals surface area contributed by atoms with E-state index in [-0.39, 0.29) is 26.2 Å². The second kappa shape index (κ2) is 5.97. The van der Waals surface area contributed by atoms with Gasteiger partial charge < -0.3 is 0 Å². The normalized spacial score (nSPS) is 23.7. The van der Waals surface area contributed by atoms with Gasteiger partial charge in [-0.15, -0.1) is 11.3 Å². The first kappa shape index (κ1) is 15.7. The molecule has 1 fully saturated rings. The number of nitrogens with one attached hydrogen (secondary N) is 1. The second-order valence-corrected chi connectivity index (χ2v) is 8.57. The number of nitro groups is 1. The van der Waals surface area contributed by atoms with Crippen LogP contribution in [-0.2, 0) is 10.0 Å². The van der Waals surface area contributed by atoms with Crippen molar-refractivity contribution >= 4 is 38.6 Å². The van der Waals surface area contributed by atoms with Crippen LogP contribution in [0.5, 0.6) is 0 Å². The molecule has 1 aromatic heterocycles. The largest absolute Gasteiger partial charge is 0.300 e. The molecule has 1 N–H and O–H groups in total. The smallest absolute Gasteiger partial charge is 0.258 e. The van der Waals surface area contributed by atoms with Crippen LogP contribution in [-0.4, -0.2) is 19.4 Å². The van der Waals surface area contributed by atoms with Crippen molar-refractivity contribution in [1.29, 1.82) is 0 Å². The quantitative estimate of drug-likeness (QED) is 0.674. The SMILES string of the molecule is CC1CCCCC1NS(=O)(=O)c1cc([N+](=O)[O-])c(Cl)s1. The number of rotatable bonds is 4. The highest BCUT2D eigenvalue weighted by atomic mass is 35.5. The molecule has 2 rings (SSSR count). The summed E-state index contributed by atoms with van der Waals surface area (Å²) in [5.41, 5.74) is -0.367. The van der Waals surface area contributed by atoms with Gasteiger partial charge >= 0.3 is 0 Å². The fraction of sp³-hybridized carbons (Fsp3) is 0.636. The first-order valence-corrected chi connectivity index (χ1v) is 8.95. The molecular formula is C11H15ClN2O4S2. The first-order chi connectivity index (χ1) is 9.31. The molecule has 1 saturated carbocycles. The van der Waals surface area contributed by atoms with Gasteiger partial charge in [-0.2, -0.15) is 0 Å². The molecule has 1 aliphatic rings. The van der Waals surface area contributed by atoms with E-state index in [1.54, 1.807) is 0 Å². The van der Waals surface area contributed by atoms with Crippen molar-refractivity contribution in [2.45, 2.75) is 42.9 Å². The van der Waals surface area contributed by atoms with Crippen LogP contribution in [0.25, 0.3) is 0 Å². The van der Waals surface area contributed by atoms with E-state index in [0.29, 0.717) is 11.3 Å². The lowest BCUT2D eigenvalue weighted by Gasteiger charge is -2.28. The van der Waals surface area contributed by atoms with Crippen LogP contribution in [0.1, 0.15) is 32.6 Å². The Balaban J connectivity index is 2.22. The van der Waals surface area contributed by atoms with E-state index in [1.807, 2.05) is 6.92 Å². The molecule has 0 aromatic carbocycles. The Morgan fingerprint density at radius 1 is 1.45 bits per heavy atom. The minimum absolute atomic E-state index is 0.105. The van der Waals surface area contributed by atoms with Gasteiger partial charge in [0.05, 0.1) is 4.92 Å². The average Bonchev–Trinajstić information content (AvgIpc) is 2.75. The van der Waals surface area contributed by atoms with Gasteiger partial charge in [-0.1, -0.05) is 31.4 Å². The van der Waals surface area contributed by atoms with Crippen molar-refractivity contribution in [3.05, 3.63) is 20.5 Å². The van der Waals surface area contributed by atoms with Crippen molar-refractivity contribution in [2.75, 3.05) is 0 Å². The molecule has 1 aliphatic carbocycles. The van der Waals surface area contributed by atoms with E-state index in [9.17, 15) is 18.5 Å². The molecule has 6 nitrogen and oxygen atoms in total. The molecule has 0 saturated heterocycles. The van der Waals surface area contributed by atoms with E-state index in [4.69, 9.17) is 11.6 Å². The molecule has 2 atom stereocenters. The Morgan fingerprint density at radius 3 is 2.65 bits per heavy atom. The van der Waals surface area contributed by atoms with Crippen LogP contribution in [0.15, 0.2) is 10.3 Å². The summed E-state index contributed by atoms with van der Waals surface area (Å²) in [5.74, 6) is 0.268. The second-order valence-electron chi connectivity index (χ2n) is 4.97. The highest BCUT2D eigenvalue weighted by Gasteiger charge is 2.30. The van der Waals surface area contributed by atoms with Gasteiger partial charge in [-0.3, -0.25) is 10.1 Å². The van der Waals surface area contributed by atoms with Crippen molar-refractivity contribution < 1.29 is 13.3 Å².